The second-order valence-corrected chi connectivity index (χ2v) is 12.4. The molecule has 0 fully saturated rings. The Bertz CT molecular complexity index is 1500. The van der Waals surface area contributed by atoms with Gasteiger partial charge < -0.3 is 10.1 Å². The van der Waals surface area contributed by atoms with E-state index in [1.807, 2.05) is 32.0 Å². The number of para-hydroxylation sites is 1. The molecule has 3 aromatic carbocycles. The zero-order valence-electron chi connectivity index (χ0n) is 20.9. The second-order valence-electron chi connectivity index (χ2n) is 8.44. The van der Waals surface area contributed by atoms with Crippen molar-refractivity contribution in [3.63, 3.8) is 0 Å². The third kappa shape index (κ3) is 6.54. The first-order chi connectivity index (χ1) is 17.2. The van der Waals surface area contributed by atoms with Crippen LogP contribution >= 0.6 is 11.6 Å². The fraction of sp³-hybridized carbons (Fsp3) is 0.240. The van der Waals surface area contributed by atoms with Gasteiger partial charge in [-0.2, -0.15) is 0 Å². The lowest BCUT2D eigenvalue weighted by atomic mass is 10.1. The Labute approximate surface area is 222 Å². The number of nitrogens with one attached hydrogen (secondary N) is 2. The molecule has 0 aliphatic rings. The number of anilines is 3. The van der Waals surface area contributed by atoms with E-state index in [4.69, 9.17) is 16.3 Å². The van der Waals surface area contributed by atoms with Gasteiger partial charge in [0.1, 0.15) is 11.8 Å². The summed E-state index contributed by atoms with van der Waals surface area (Å²) < 4.78 is 59.5. The van der Waals surface area contributed by atoms with Crippen LogP contribution in [-0.2, 0) is 24.8 Å². The average molecular weight is 566 g/mol. The number of halogens is 1. The van der Waals surface area contributed by atoms with Crippen LogP contribution in [0.25, 0.3) is 0 Å². The van der Waals surface area contributed by atoms with E-state index < -0.39 is 32.0 Å². The number of ether oxygens (including phenoxy) is 1. The van der Waals surface area contributed by atoms with Gasteiger partial charge in [-0.25, -0.2) is 16.8 Å². The maximum atomic E-state index is 13.0. The zero-order valence-corrected chi connectivity index (χ0v) is 23.3. The second kappa shape index (κ2) is 11.0. The summed E-state index contributed by atoms with van der Waals surface area (Å²) in [5.41, 5.74) is 2.57. The van der Waals surface area contributed by atoms with Gasteiger partial charge in [0.15, 0.2) is 0 Å². The van der Waals surface area contributed by atoms with Gasteiger partial charge in [0, 0.05) is 5.69 Å². The van der Waals surface area contributed by atoms with Crippen molar-refractivity contribution < 1.29 is 26.4 Å². The summed E-state index contributed by atoms with van der Waals surface area (Å²) in [7, 11) is -6.31. The van der Waals surface area contributed by atoms with E-state index in [1.165, 1.54) is 56.5 Å². The molecule has 2 N–H and O–H groups in total. The molecule has 0 radical (unpaired) electrons. The number of sulfonamides is 2. The van der Waals surface area contributed by atoms with Gasteiger partial charge in [-0.15, -0.1) is 0 Å². The molecule has 0 saturated carbocycles. The van der Waals surface area contributed by atoms with Crippen LogP contribution < -0.4 is 19.1 Å². The monoisotopic (exact) mass is 565 g/mol. The molecule has 1 amide bonds. The third-order valence-electron chi connectivity index (χ3n) is 5.63. The van der Waals surface area contributed by atoms with Crippen LogP contribution in [0.3, 0.4) is 0 Å². The highest BCUT2D eigenvalue weighted by molar-refractivity contribution is 7.92. The van der Waals surface area contributed by atoms with E-state index >= 15 is 0 Å². The molecule has 0 saturated heterocycles. The van der Waals surface area contributed by atoms with Crippen LogP contribution in [-0.4, -0.2) is 42.2 Å². The molecule has 0 spiro atoms. The van der Waals surface area contributed by atoms with Gasteiger partial charge in [0.25, 0.3) is 10.0 Å². The van der Waals surface area contributed by atoms with Crippen LogP contribution in [0.1, 0.15) is 18.1 Å². The topological polar surface area (TPSA) is 122 Å². The van der Waals surface area contributed by atoms with Crippen molar-refractivity contribution in [2.24, 2.45) is 0 Å². The highest BCUT2D eigenvalue weighted by atomic mass is 35.5. The molecule has 3 rings (SSSR count). The van der Waals surface area contributed by atoms with Crippen LogP contribution in [0.5, 0.6) is 5.75 Å². The SMILES string of the molecule is COc1ccc(N([C@H](C)C(=O)Nc2ccc(S(=O)(=O)Nc3c(C)cccc3C)cc2)S(C)(=O)=O)cc1Cl. The van der Waals surface area contributed by atoms with E-state index in [0.29, 0.717) is 17.1 Å². The van der Waals surface area contributed by atoms with Crippen molar-refractivity contribution in [1.82, 2.24) is 0 Å². The minimum atomic E-state index is -3.87. The quantitative estimate of drug-likeness (QED) is 0.392. The lowest BCUT2D eigenvalue weighted by Crippen LogP contribution is -2.45. The van der Waals surface area contributed by atoms with Gasteiger partial charge in [0.2, 0.25) is 15.9 Å². The number of hydrogen-bond acceptors (Lipinski definition) is 6. The van der Waals surface area contributed by atoms with Crippen molar-refractivity contribution in [2.45, 2.75) is 31.7 Å². The molecule has 0 unspecified atom stereocenters. The molecule has 3 aromatic rings. The maximum absolute atomic E-state index is 13.0. The van der Waals surface area contributed by atoms with Crippen LogP contribution in [0.4, 0.5) is 17.1 Å². The van der Waals surface area contributed by atoms with Crippen molar-refractivity contribution in [2.75, 3.05) is 27.7 Å². The molecular formula is C25H28ClN3O6S2. The van der Waals surface area contributed by atoms with Crippen LogP contribution in [0.2, 0.25) is 5.02 Å². The van der Waals surface area contributed by atoms with Crippen LogP contribution in [0.15, 0.2) is 65.6 Å². The molecule has 37 heavy (non-hydrogen) atoms. The Morgan fingerprint density at radius 3 is 2.08 bits per heavy atom. The highest BCUT2D eigenvalue weighted by Gasteiger charge is 2.30. The maximum Gasteiger partial charge on any atom is 0.261 e. The van der Waals surface area contributed by atoms with E-state index in [-0.39, 0.29) is 15.6 Å². The standard InChI is InChI=1S/C25H28ClN3O6S2/c1-16-7-6-8-17(2)24(16)28-37(33,34)21-12-9-19(10-13-21)27-25(30)18(3)29(36(5,31)32)20-11-14-23(35-4)22(26)15-20/h6-15,18,28H,1-5H3,(H,27,30)/t18-/m1/s1. The lowest BCUT2D eigenvalue weighted by molar-refractivity contribution is -0.116. The molecule has 0 aliphatic carbocycles. The number of amides is 1. The molecule has 0 heterocycles. The Morgan fingerprint density at radius 2 is 1.57 bits per heavy atom. The molecule has 0 aliphatic heterocycles. The van der Waals surface area contributed by atoms with Gasteiger partial charge >= 0.3 is 0 Å². The molecule has 198 valence electrons. The van der Waals surface area contributed by atoms with Gasteiger partial charge in [-0.3, -0.25) is 13.8 Å². The first-order valence-corrected chi connectivity index (χ1v) is 14.8. The van der Waals surface area contributed by atoms with Gasteiger partial charge in [-0.05, 0) is 74.4 Å². The number of nitrogens with zero attached hydrogens (tertiary/aromatic N) is 1. The summed E-state index contributed by atoms with van der Waals surface area (Å²) in [4.78, 5) is 13.0. The largest absolute Gasteiger partial charge is 0.495 e. The van der Waals surface area contributed by atoms with Gasteiger partial charge in [0.05, 0.1) is 34.7 Å². The van der Waals surface area contributed by atoms with E-state index in [2.05, 4.69) is 10.0 Å². The Morgan fingerprint density at radius 1 is 0.973 bits per heavy atom. The fourth-order valence-corrected chi connectivity index (χ4v) is 6.36. The summed E-state index contributed by atoms with van der Waals surface area (Å²) in [5, 5.41) is 2.82. The van der Waals surface area contributed by atoms with Crippen molar-refractivity contribution in [1.29, 1.82) is 0 Å². The Hall–Kier alpha value is -3.28. The smallest absolute Gasteiger partial charge is 0.261 e. The Balaban J connectivity index is 1.80. The number of aryl methyl sites for hydroxylation is 2. The predicted molar refractivity (Wildman–Crippen MR) is 147 cm³/mol. The first-order valence-electron chi connectivity index (χ1n) is 11.1. The number of rotatable bonds is 9. The zero-order chi connectivity index (χ0) is 27.5. The normalized spacial score (nSPS) is 12.5. The van der Waals surface area contributed by atoms with Crippen molar-refractivity contribution in [3.8, 4) is 5.75 Å². The molecule has 0 bridgehead atoms. The summed E-state index contributed by atoms with van der Waals surface area (Å²) >= 11 is 6.16. The third-order valence-corrected chi connectivity index (χ3v) is 8.53. The number of benzene rings is 3. The number of carbonyl (C=O) groups excluding carboxylic acids is 1. The average Bonchev–Trinajstić information content (AvgIpc) is 2.81. The van der Waals surface area contributed by atoms with Crippen LogP contribution in [0, 0.1) is 13.8 Å². The summed E-state index contributed by atoms with van der Waals surface area (Å²) in [6.45, 7) is 5.05. The predicted octanol–water partition coefficient (Wildman–Crippen LogP) is 4.56. The number of hydrogen-bond donors (Lipinski definition) is 2. The highest BCUT2D eigenvalue weighted by Crippen LogP contribution is 2.31. The molecule has 0 aromatic heterocycles. The fourth-order valence-electron chi connectivity index (χ4n) is 3.73. The lowest BCUT2D eigenvalue weighted by Gasteiger charge is -2.28. The van der Waals surface area contributed by atoms with Crippen molar-refractivity contribution in [3.05, 3.63) is 76.8 Å². The van der Waals surface area contributed by atoms with E-state index in [9.17, 15) is 21.6 Å². The minimum Gasteiger partial charge on any atom is -0.495 e. The molecule has 9 nitrogen and oxygen atoms in total. The number of methoxy groups -OCH3 is 1. The minimum absolute atomic E-state index is 0.00633. The molecule has 12 heteroatoms. The molecule has 1 atom stereocenters. The Kier molecular flexibility index (Phi) is 8.41. The molecular weight excluding hydrogens is 538 g/mol. The van der Waals surface area contributed by atoms with E-state index in [0.717, 1.165) is 21.7 Å². The first kappa shape index (κ1) is 28.3. The number of carbonyl (C=O) groups is 1. The summed E-state index contributed by atoms with van der Waals surface area (Å²) in [6.07, 6.45) is 0.984. The van der Waals surface area contributed by atoms with Crippen molar-refractivity contribution >= 4 is 54.6 Å². The summed E-state index contributed by atoms with van der Waals surface area (Å²) in [5.74, 6) is -0.264. The van der Waals surface area contributed by atoms with E-state index in [1.54, 1.807) is 0 Å². The summed E-state index contributed by atoms with van der Waals surface area (Å²) in [6, 6.07) is 14.3. The van der Waals surface area contributed by atoms with Gasteiger partial charge in [-0.1, -0.05) is 29.8 Å².